The van der Waals surface area contributed by atoms with Crippen LogP contribution in [-0.2, 0) is 9.59 Å². The van der Waals surface area contributed by atoms with Gasteiger partial charge < -0.3 is 19.5 Å². The SMILES string of the molecule is CCOc1cccc(C2/C(=C(/O)c3ccc(Cl)c(OCC)c3)C(=O)C(=O)N2c2ccc(N(C)C)cc2)c1. The van der Waals surface area contributed by atoms with Gasteiger partial charge in [0.15, 0.2) is 0 Å². The van der Waals surface area contributed by atoms with Gasteiger partial charge in [0, 0.05) is 31.0 Å². The van der Waals surface area contributed by atoms with Crippen LogP contribution in [0.25, 0.3) is 5.76 Å². The molecule has 37 heavy (non-hydrogen) atoms. The maximum Gasteiger partial charge on any atom is 0.300 e. The van der Waals surface area contributed by atoms with Crippen LogP contribution >= 0.6 is 11.6 Å². The fourth-order valence-corrected chi connectivity index (χ4v) is 4.51. The number of aliphatic hydroxyl groups excluding tert-OH is 1. The molecule has 1 aliphatic heterocycles. The summed E-state index contributed by atoms with van der Waals surface area (Å²) < 4.78 is 11.2. The van der Waals surface area contributed by atoms with Gasteiger partial charge in [-0.25, -0.2) is 0 Å². The maximum absolute atomic E-state index is 13.4. The summed E-state index contributed by atoms with van der Waals surface area (Å²) >= 11 is 6.23. The molecule has 0 bridgehead atoms. The molecule has 0 aromatic heterocycles. The molecule has 0 saturated carbocycles. The third kappa shape index (κ3) is 5.13. The van der Waals surface area contributed by atoms with Gasteiger partial charge in [-0.2, -0.15) is 0 Å². The largest absolute Gasteiger partial charge is 0.507 e. The zero-order valence-electron chi connectivity index (χ0n) is 21.2. The fraction of sp³-hybridized carbons (Fsp3) is 0.241. The van der Waals surface area contributed by atoms with Gasteiger partial charge in [0.25, 0.3) is 11.7 Å². The van der Waals surface area contributed by atoms with Crippen molar-refractivity contribution in [1.29, 1.82) is 0 Å². The van der Waals surface area contributed by atoms with Crippen molar-refractivity contribution in [2.45, 2.75) is 19.9 Å². The van der Waals surface area contributed by atoms with E-state index in [0.29, 0.717) is 46.5 Å². The summed E-state index contributed by atoms with van der Waals surface area (Å²) in [5, 5.41) is 11.8. The Labute approximate surface area is 221 Å². The lowest BCUT2D eigenvalue weighted by Crippen LogP contribution is -2.29. The molecule has 1 N–H and O–H groups in total. The molecule has 1 aliphatic rings. The summed E-state index contributed by atoms with van der Waals surface area (Å²) in [6.45, 7) is 4.53. The van der Waals surface area contributed by atoms with Crippen LogP contribution in [-0.4, -0.2) is 44.1 Å². The van der Waals surface area contributed by atoms with Gasteiger partial charge in [0.1, 0.15) is 17.3 Å². The van der Waals surface area contributed by atoms with Crippen molar-refractivity contribution < 1.29 is 24.2 Å². The second-order valence-electron chi connectivity index (χ2n) is 8.66. The van der Waals surface area contributed by atoms with Crippen LogP contribution in [0.2, 0.25) is 5.02 Å². The Balaban J connectivity index is 1.91. The predicted molar refractivity (Wildman–Crippen MR) is 146 cm³/mol. The number of benzene rings is 3. The van der Waals surface area contributed by atoms with Crippen molar-refractivity contribution in [3.05, 3.63) is 88.5 Å². The monoisotopic (exact) mass is 520 g/mol. The highest BCUT2D eigenvalue weighted by atomic mass is 35.5. The Morgan fingerprint density at radius 1 is 0.973 bits per heavy atom. The Kier molecular flexibility index (Phi) is 7.74. The number of amides is 1. The molecule has 0 aliphatic carbocycles. The molecule has 0 radical (unpaired) electrons. The number of Topliss-reactive ketones (excluding diaryl/α,β-unsaturated/α-hetero) is 1. The van der Waals surface area contributed by atoms with Crippen LogP contribution in [0, 0.1) is 0 Å². The highest BCUT2D eigenvalue weighted by Gasteiger charge is 2.47. The van der Waals surface area contributed by atoms with Crippen molar-refractivity contribution in [2.75, 3.05) is 37.1 Å². The number of hydrogen-bond donors (Lipinski definition) is 1. The van der Waals surface area contributed by atoms with Crippen molar-refractivity contribution in [2.24, 2.45) is 0 Å². The minimum absolute atomic E-state index is 0.0277. The van der Waals surface area contributed by atoms with Crippen LogP contribution in [0.4, 0.5) is 11.4 Å². The molecule has 3 aromatic carbocycles. The number of anilines is 2. The van der Waals surface area contributed by atoms with Gasteiger partial charge in [0.05, 0.1) is 29.9 Å². The third-order valence-electron chi connectivity index (χ3n) is 6.08. The normalized spacial score (nSPS) is 16.7. The highest BCUT2D eigenvalue weighted by molar-refractivity contribution is 6.51. The predicted octanol–water partition coefficient (Wildman–Crippen LogP) is 5.83. The number of aliphatic hydroxyl groups is 1. The minimum atomic E-state index is -0.878. The molecule has 0 spiro atoms. The van der Waals surface area contributed by atoms with Gasteiger partial charge in [-0.05, 0) is 74.0 Å². The van der Waals surface area contributed by atoms with Gasteiger partial charge in [-0.1, -0.05) is 23.7 Å². The lowest BCUT2D eigenvalue weighted by atomic mass is 9.95. The molecule has 1 fully saturated rings. The van der Waals surface area contributed by atoms with E-state index in [1.807, 2.05) is 45.0 Å². The molecule has 192 valence electrons. The fourth-order valence-electron chi connectivity index (χ4n) is 4.34. The van der Waals surface area contributed by atoms with Crippen LogP contribution in [0.3, 0.4) is 0 Å². The molecular formula is C29H29ClN2O5. The van der Waals surface area contributed by atoms with Crippen molar-refractivity contribution >= 4 is 40.4 Å². The van der Waals surface area contributed by atoms with Crippen molar-refractivity contribution in [3.8, 4) is 11.5 Å². The smallest absolute Gasteiger partial charge is 0.300 e. The first-order valence-electron chi connectivity index (χ1n) is 12.0. The second-order valence-corrected chi connectivity index (χ2v) is 9.07. The van der Waals surface area contributed by atoms with E-state index in [1.54, 1.807) is 54.6 Å². The van der Waals surface area contributed by atoms with Crippen LogP contribution < -0.4 is 19.3 Å². The Bertz CT molecular complexity index is 1350. The molecule has 1 unspecified atom stereocenters. The Hall–Kier alpha value is -3.97. The Morgan fingerprint density at radius 2 is 1.68 bits per heavy atom. The summed E-state index contributed by atoms with van der Waals surface area (Å²) in [5.74, 6) is -0.857. The van der Waals surface area contributed by atoms with E-state index in [0.717, 1.165) is 5.69 Å². The average Bonchev–Trinajstić information content (AvgIpc) is 3.15. The molecule has 3 aromatic rings. The zero-order chi connectivity index (χ0) is 26.7. The van der Waals surface area contributed by atoms with Crippen LogP contribution in [0.15, 0.2) is 72.3 Å². The topological polar surface area (TPSA) is 79.3 Å². The molecule has 4 rings (SSSR count). The summed E-state index contributed by atoms with van der Waals surface area (Å²) in [7, 11) is 3.84. The third-order valence-corrected chi connectivity index (χ3v) is 6.39. The second kappa shape index (κ2) is 11.0. The summed E-state index contributed by atoms with van der Waals surface area (Å²) in [6, 6.07) is 18.4. The number of ketones is 1. The highest BCUT2D eigenvalue weighted by Crippen LogP contribution is 2.43. The van der Waals surface area contributed by atoms with E-state index in [2.05, 4.69) is 0 Å². The number of hydrogen-bond acceptors (Lipinski definition) is 6. The number of nitrogens with zero attached hydrogens (tertiary/aromatic N) is 2. The van der Waals surface area contributed by atoms with Gasteiger partial charge in [-0.15, -0.1) is 0 Å². The first-order chi connectivity index (χ1) is 17.8. The number of halogens is 1. The van der Waals surface area contributed by atoms with E-state index in [9.17, 15) is 14.7 Å². The maximum atomic E-state index is 13.4. The number of carbonyl (C=O) groups is 2. The minimum Gasteiger partial charge on any atom is -0.507 e. The van der Waals surface area contributed by atoms with E-state index in [1.165, 1.54) is 4.90 Å². The van der Waals surface area contributed by atoms with Crippen molar-refractivity contribution in [3.63, 3.8) is 0 Å². The lowest BCUT2D eigenvalue weighted by Gasteiger charge is -2.26. The number of ether oxygens (including phenoxy) is 2. The van der Waals surface area contributed by atoms with E-state index in [-0.39, 0.29) is 11.3 Å². The molecule has 1 atom stereocenters. The van der Waals surface area contributed by atoms with Crippen LogP contribution in [0.5, 0.6) is 11.5 Å². The van der Waals surface area contributed by atoms with Gasteiger partial charge in [0.2, 0.25) is 0 Å². The molecule has 1 heterocycles. The zero-order valence-corrected chi connectivity index (χ0v) is 22.0. The molecule has 7 nitrogen and oxygen atoms in total. The van der Waals surface area contributed by atoms with E-state index < -0.39 is 17.7 Å². The summed E-state index contributed by atoms with van der Waals surface area (Å²) in [5.41, 5.74) is 2.40. The Morgan fingerprint density at radius 3 is 2.32 bits per heavy atom. The van der Waals surface area contributed by atoms with Gasteiger partial charge >= 0.3 is 0 Å². The van der Waals surface area contributed by atoms with Gasteiger partial charge in [-0.3, -0.25) is 14.5 Å². The molecule has 1 amide bonds. The van der Waals surface area contributed by atoms with E-state index in [4.69, 9.17) is 21.1 Å². The number of rotatable bonds is 8. The van der Waals surface area contributed by atoms with Crippen molar-refractivity contribution in [1.82, 2.24) is 0 Å². The average molecular weight is 521 g/mol. The van der Waals surface area contributed by atoms with Crippen LogP contribution in [0.1, 0.15) is 31.0 Å². The number of carbonyl (C=O) groups excluding carboxylic acids is 2. The molecule has 8 heteroatoms. The molecule has 1 saturated heterocycles. The first-order valence-corrected chi connectivity index (χ1v) is 12.4. The summed E-state index contributed by atoms with van der Waals surface area (Å²) in [4.78, 5) is 30.2. The quantitative estimate of drug-likeness (QED) is 0.229. The summed E-state index contributed by atoms with van der Waals surface area (Å²) in [6.07, 6.45) is 0. The lowest BCUT2D eigenvalue weighted by molar-refractivity contribution is -0.132. The first kappa shape index (κ1) is 26.1. The molecular weight excluding hydrogens is 492 g/mol. The van der Waals surface area contributed by atoms with E-state index >= 15 is 0 Å². The standard InChI is InChI=1S/C29H29ClN2O5/c1-5-36-22-9-7-8-18(16-22)26-25(27(33)19-10-15-23(30)24(17-19)37-6-2)28(34)29(35)32(26)21-13-11-20(12-14-21)31(3)4/h7-17,26,33H,5-6H2,1-4H3/b27-25-.